The summed E-state index contributed by atoms with van der Waals surface area (Å²) in [6, 6.07) is 4.38. The van der Waals surface area contributed by atoms with Gasteiger partial charge in [-0.05, 0) is 37.9 Å². The number of nitrogens with one attached hydrogen (secondary N) is 1. The number of hydrogen-bond donors (Lipinski definition) is 1. The molecule has 1 heterocycles. The van der Waals surface area contributed by atoms with Crippen molar-refractivity contribution >= 4 is 11.3 Å². The van der Waals surface area contributed by atoms with Crippen molar-refractivity contribution in [3.05, 3.63) is 21.9 Å². The predicted molar refractivity (Wildman–Crippen MR) is 68.7 cm³/mol. The maximum absolute atomic E-state index is 5.79. The van der Waals surface area contributed by atoms with Crippen LogP contribution in [0.3, 0.4) is 0 Å². The number of rotatable bonds is 6. The summed E-state index contributed by atoms with van der Waals surface area (Å²) in [4.78, 5) is 2.74. The minimum Gasteiger partial charge on any atom is -0.376 e. The molecule has 1 aromatic heterocycles. The van der Waals surface area contributed by atoms with Crippen molar-refractivity contribution in [1.82, 2.24) is 5.32 Å². The quantitative estimate of drug-likeness (QED) is 0.823. The normalized spacial score (nSPS) is 17.1. The van der Waals surface area contributed by atoms with Crippen LogP contribution in [0, 0.1) is 5.92 Å². The third-order valence-electron chi connectivity index (χ3n) is 3.14. The third-order valence-corrected chi connectivity index (χ3v) is 4.20. The van der Waals surface area contributed by atoms with Gasteiger partial charge in [-0.15, -0.1) is 11.3 Å². The molecule has 0 radical (unpaired) electrons. The van der Waals surface area contributed by atoms with E-state index in [0.29, 0.717) is 0 Å². The van der Waals surface area contributed by atoms with Gasteiger partial charge in [0.05, 0.1) is 6.61 Å². The Morgan fingerprint density at radius 1 is 1.31 bits per heavy atom. The second-order valence-corrected chi connectivity index (χ2v) is 5.82. The van der Waals surface area contributed by atoms with Crippen LogP contribution in [-0.2, 0) is 17.9 Å². The van der Waals surface area contributed by atoms with E-state index in [1.807, 2.05) is 18.4 Å². The molecule has 1 fully saturated rings. The van der Waals surface area contributed by atoms with Crippen LogP contribution in [0.5, 0.6) is 0 Å². The number of hydrogen-bond acceptors (Lipinski definition) is 3. The highest BCUT2D eigenvalue weighted by atomic mass is 32.1. The minimum atomic E-state index is 0.797. The van der Waals surface area contributed by atoms with E-state index in [1.54, 1.807) is 0 Å². The maximum atomic E-state index is 5.79. The van der Waals surface area contributed by atoms with Crippen molar-refractivity contribution in [3.63, 3.8) is 0 Å². The molecule has 3 heteroatoms. The minimum absolute atomic E-state index is 0.797. The SMILES string of the molecule is CNCc1ccc(COCC2CCCC2)s1. The maximum Gasteiger partial charge on any atom is 0.0809 e. The van der Waals surface area contributed by atoms with E-state index in [0.717, 1.165) is 25.7 Å². The first-order valence-electron chi connectivity index (χ1n) is 6.18. The van der Waals surface area contributed by atoms with E-state index in [1.165, 1.54) is 35.4 Å². The monoisotopic (exact) mass is 239 g/mol. The van der Waals surface area contributed by atoms with Gasteiger partial charge in [0, 0.05) is 22.9 Å². The zero-order chi connectivity index (χ0) is 11.2. The topological polar surface area (TPSA) is 21.3 Å². The van der Waals surface area contributed by atoms with Gasteiger partial charge < -0.3 is 10.1 Å². The molecule has 2 nitrogen and oxygen atoms in total. The average Bonchev–Trinajstić information content (AvgIpc) is 2.90. The van der Waals surface area contributed by atoms with Gasteiger partial charge >= 0.3 is 0 Å². The van der Waals surface area contributed by atoms with Crippen molar-refractivity contribution in [2.24, 2.45) is 5.92 Å². The Labute approximate surface area is 102 Å². The highest BCUT2D eigenvalue weighted by Crippen LogP contribution is 2.25. The highest BCUT2D eigenvalue weighted by molar-refractivity contribution is 7.11. The van der Waals surface area contributed by atoms with Gasteiger partial charge in [-0.3, -0.25) is 0 Å². The summed E-state index contributed by atoms with van der Waals surface area (Å²) in [5, 5.41) is 3.17. The predicted octanol–water partition coefficient (Wildman–Crippen LogP) is 3.17. The number of thiophene rings is 1. The fourth-order valence-electron chi connectivity index (χ4n) is 2.27. The first kappa shape index (κ1) is 12.1. The van der Waals surface area contributed by atoms with Gasteiger partial charge in [0.25, 0.3) is 0 Å². The van der Waals surface area contributed by atoms with Crippen LogP contribution < -0.4 is 5.32 Å². The van der Waals surface area contributed by atoms with Crippen molar-refractivity contribution in [3.8, 4) is 0 Å². The summed E-state index contributed by atoms with van der Waals surface area (Å²) in [7, 11) is 1.98. The smallest absolute Gasteiger partial charge is 0.0809 e. The highest BCUT2D eigenvalue weighted by Gasteiger charge is 2.14. The Bertz CT molecular complexity index is 305. The summed E-state index contributed by atoms with van der Waals surface area (Å²) in [5.74, 6) is 0.830. The molecule has 16 heavy (non-hydrogen) atoms. The van der Waals surface area contributed by atoms with E-state index >= 15 is 0 Å². The first-order valence-corrected chi connectivity index (χ1v) is 7.00. The van der Waals surface area contributed by atoms with Crippen LogP contribution in [0.1, 0.15) is 35.4 Å². The van der Waals surface area contributed by atoms with Crippen LogP contribution in [0.25, 0.3) is 0 Å². The van der Waals surface area contributed by atoms with Crippen molar-refractivity contribution in [2.45, 2.75) is 38.8 Å². The summed E-state index contributed by atoms with van der Waals surface area (Å²) in [6.07, 6.45) is 5.55. The van der Waals surface area contributed by atoms with Crippen LogP contribution in [0.2, 0.25) is 0 Å². The molecular weight excluding hydrogens is 218 g/mol. The van der Waals surface area contributed by atoms with E-state index in [9.17, 15) is 0 Å². The summed E-state index contributed by atoms with van der Waals surface area (Å²) in [6.45, 7) is 2.72. The largest absolute Gasteiger partial charge is 0.376 e. The Hall–Kier alpha value is -0.380. The second kappa shape index (κ2) is 6.38. The zero-order valence-corrected chi connectivity index (χ0v) is 10.8. The lowest BCUT2D eigenvalue weighted by Gasteiger charge is -2.08. The molecule has 0 unspecified atom stereocenters. The molecule has 1 N–H and O–H groups in total. The Kier molecular flexibility index (Phi) is 4.82. The summed E-state index contributed by atoms with van der Waals surface area (Å²) < 4.78 is 5.79. The molecule has 1 aliphatic rings. The molecule has 0 amide bonds. The van der Waals surface area contributed by atoms with Crippen LogP contribution in [0.15, 0.2) is 12.1 Å². The van der Waals surface area contributed by atoms with E-state index < -0.39 is 0 Å². The molecule has 1 aromatic rings. The van der Waals surface area contributed by atoms with Gasteiger partial charge in [0.15, 0.2) is 0 Å². The Morgan fingerprint density at radius 3 is 2.81 bits per heavy atom. The van der Waals surface area contributed by atoms with Gasteiger partial charge in [0.1, 0.15) is 0 Å². The van der Waals surface area contributed by atoms with Gasteiger partial charge in [0.2, 0.25) is 0 Å². The Morgan fingerprint density at radius 2 is 2.06 bits per heavy atom. The fourth-order valence-corrected chi connectivity index (χ4v) is 3.24. The first-order chi connectivity index (χ1) is 7.88. The van der Waals surface area contributed by atoms with Crippen LogP contribution in [0.4, 0.5) is 0 Å². The van der Waals surface area contributed by atoms with Gasteiger partial charge in [-0.2, -0.15) is 0 Å². The standard InChI is InChI=1S/C13H21NOS/c1-14-8-12-6-7-13(16-12)10-15-9-11-4-2-3-5-11/h6-7,11,14H,2-5,8-10H2,1H3. The molecule has 0 saturated heterocycles. The van der Waals surface area contributed by atoms with E-state index in [-0.39, 0.29) is 0 Å². The van der Waals surface area contributed by atoms with E-state index in [2.05, 4.69) is 17.4 Å². The second-order valence-electron chi connectivity index (χ2n) is 4.56. The summed E-state index contributed by atoms with van der Waals surface area (Å²) >= 11 is 1.85. The third kappa shape index (κ3) is 3.58. The molecule has 0 atom stereocenters. The molecule has 90 valence electrons. The lowest BCUT2D eigenvalue weighted by molar-refractivity contribution is 0.0906. The molecular formula is C13H21NOS. The lowest BCUT2D eigenvalue weighted by atomic mass is 10.1. The number of ether oxygens (including phenoxy) is 1. The van der Waals surface area contributed by atoms with E-state index in [4.69, 9.17) is 4.74 Å². The Balaban J connectivity index is 1.67. The van der Waals surface area contributed by atoms with Crippen LogP contribution in [-0.4, -0.2) is 13.7 Å². The van der Waals surface area contributed by atoms with Gasteiger partial charge in [-0.25, -0.2) is 0 Å². The zero-order valence-electron chi connectivity index (χ0n) is 10.00. The average molecular weight is 239 g/mol. The molecule has 2 rings (SSSR count). The lowest BCUT2D eigenvalue weighted by Crippen LogP contribution is -2.04. The molecule has 0 bridgehead atoms. The molecule has 0 aromatic carbocycles. The molecule has 1 saturated carbocycles. The van der Waals surface area contributed by atoms with Crippen molar-refractivity contribution < 1.29 is 4.74 Å². The van der Waals surface area contributed by atoms with Crippen molar-refractivity contribution in [2.75, 3.05) is 13.7 Å². The van der Waals surface area contributed by atoms with Crippen molar-refractivity contribution in [1.29, 1.82) is 0 Å². The summed E-state index contributed by atoms with van der Waals surface area (Å²) in [5.41, 5.74) is 0. The molecule has 1 aliphatic carbocycles. The molecule has 0 spiro atoms. The van der Waals surface area contributed by atoms with Gasteiger partial charge in [-0.1, -0.05) is 12.8 Å². The fraction of sp³-hybridized carbons (Fsp3) is 0.692. The molecule has 0 aliphatic heterocycles. The van der Waals surface area contributed by atoms with Crippen LogP contribution >= 0.6 is 11.3 Å².